The molecular formula is C17H17FN4O2. The SMILES string of the molecule is Cc1cc(C)nc(NC(=O)[C@H]2CC(=O)N(c3ccc(F)cc3)C2)n1. The van der Waals surface area contributed by atoms with Gasteiger partial charge in [-0.15, -0.1) is 0 Å². The van der Waals surface area contributed by atoms with Crippen LogP contribution in [0, 0.1) is 25.6 Å². The molecule has 1 aliphatic rings. The van der Waals surface area contributed by atoms with Crippen molar-refractivity contribution in [1.29, 1.82) is 0 Å². The van der Waals surface area contributed by atoms with Gasteiger partial charge in [0.2, 0.25) is 17.8 Å². The Morgan fingerprint density at radius 1 is 1.21 bits per heavy atom. The monoisotopic (exact) mass is 328 g/mol. The van der Waals surface area contributed by atoms with Crippen LogP contribution < -0.4 is 10.2 Å². The lowest BCUT2D eigenvalue weighted by Gasteiger charge is -2.16. The Balaban J connectivity index is 1.70. The van der Waals surface area contributed by atoms with Crippen molar-refractivity contribution in [1.82, 2.24) is 9.97 Å². The highest BCUT2D eigenvalue weighted by atomic mass is 19.1. The van der Waals surface area contributed by atoms with E-state index in [-0.39, 0.29) is 36.5 Å². The lowest BCUT2D eigenvalue weighted by Crippen LogP contribution is -2.28. The van der Waals surface area contributed by atoms with Crippen molar-refractivity contribution in [3.8, 4) is 0 Å². The van der Waals surface area contributed by atoms with Crippen LogP contribution in [-0.2, 0) is 9.59 Å². The van der Waals surface area contributed by atoms with Gasteiger partial charge in [-0.1, -0.05) is 0 Å². The van der Waals surface area contributed by atoms with Crippen LogP contribution in [0.15, 0.2) is 30.3 Å². The summed E-state index contributed by atoms with van der Waals surface area (Å²) in [5.74, 6) is -1.08. The van der Waals surface area contributed by atoms with E-state index in [2.05, 4.69) is 15.3 Å². The average Bonchev–Trinajstić information content (AvgIpc) is 2.89. The Morgan fingerprint density at radius 2 is 1.83 bits per heavy atom. The minimum absolute atomic E-state index is 0.105. The lowest BCUT2D eigenvalue weighted by molar-refractivity contribution is -0.122. The largest absolute Gasteiger partial charge is 0.312 e. The third kappa shape index (κ3) is 3.40. The van der Waals surface area contributed by atoms with Crippen molar-refractivity contribution >= 4 is 23.5 Å². The molecule has 0 radical (unpaired) electrons. The molecule has 3 rings (SSSR count). The highest BCUT2D eigenvalue weighted by Gasteiger charge is 2.35. The molecule has 1 aliphatic heterocycles. The van der Waals surface area contributed by atoms with E-state index in [4.69, 9.17) is 0 Å². The number of carbonyl (C=O) groups excluding carboxylic acids is 2. The number of benzene rings is 1. The van der Waals surface area contributed by atoms with Crippen molar-refractivity contribution in [3.63, 3.8) is 0 Å². The van der Waals surface area contributed by atoms with Crippen LogP contribution in [0.5, 0.6) is 0 Å². The van der Waals surface area contributed by atoms with Gasteiger partial charge in [-0.05, 0) is 44.2 Å². The van der Waals surface area contributed by atoms with Crippen molar-refractivity contribution < 1.29 is 14.0 Å². The second-order valence-corrected chi connectivity index (χ2v) is 5.85. The first-order valence-corrected chi connectivity index (χ1v) is 7.61. The first-order chi connectivity index (χ1) is 11.4. The number of aryl methyl sites for hydroxylation is 2. The molecule has 1 N–H and O–H groups in total. The van der Waals surface area contributed by atoms with E-state index >= 15 is 0 Å². The van der Waals surface area contributed by atoms with E-state index < -0.39 is 5.92 Å². The summed E-state index contributed by atoms with van der Waals surface area (Å²) in [6, 6.07) is 7.45. The molecule has 2 heterocycles. The van der Waals surface area contributed by atoms with Crippen LogP contribution in [0.1, 0.15) is 17.8 Å². The van der Waals surface area contributed by atoms with Gasteiger partial charge >= 0.3 is 0 Å². The van der Waals surface area contributed by atoms with Crippen LogP contribution in [0.4, 0.5) is 16.0 Å². The molecule has 0 unspecified atom stereocenters. The molecule has 1 aromatic carbocycles. The molecule has 1 fully saturated rings. The predicted molar refractivity (Wildman–Crippen MR) is 87.0 cm³/mol. The molecular weight excluding hydrogens is 311 g/mol. The molecule has 2 aromatic rings. The van der Waals surface area contributed by atoms with E-state index in [1.807, 2.05) is 19.9 Å². The zero-order chi connectivity index (χ0) is 17.3. The van der Waals surface area contributed by atoms with Crippen molar-refractivity contribution in [2.75, 3.05) is 16.8 Å². The molecule has 0 saturated carbocycles. The number of halogens is 1. The highest BCUT2D eigenvalue weighted by Crippen LogP contribution is 2.26. The van der Waals surface area contributed by atoms with Crippen LogP contribution in [0.3, 0.4) is 0 Å². The minimum atomic E-state index is -0.494. The maximum atomic E-state index is 13.0. The summed E-state index contributed by atoms with van der Waals surface area (Å²) in [5, 5.41) is 2.67. The molecule has 7 heteroatoms. The predicted octanol–water partition coefficient (Wildman–Crippen LogP) is 2.22. The van der Waals surface area contributed by atoms with Gasteiger partial charge < -0.3 is 4.90 Å². The molecule has 2 amide bonds. The van der Waals surface area contributed by atoms with Crippen LogP contribution in [0.25, 0.3) is 0 Å². The number of hydrogen-bond acceptors (Lipinski definition) is 4. The first-order valence-electron chi connectivity index (χ1n) is 7.61. The number of amides is 2. The molecule has 24 heavy (non-hydrogen) atoms. The molecule has 1 saturated heterocycles. The average molecular weight is 328 g/mol. The number of nitrogens with one attached hydrogen (secondary N) is 1. The van der Waals surface area contributed by atoms with Crippen LogP contribution in [0.2, 0.25) is 0 Å². The fourth-order valence-corrected chi connectivity index (χ4v) is 2.75. The summed E-state index contributed by atoms with van der Waals surface area (Å²) in [5.41, 5.74) is 2.10. The van der Waals surface area contributed by atoms with E-state index in [9.17, 15) is 14.0 Å². The molecule has 1 aromatic heterocycles. The fourth-order valence-electron chi connectivity index (χ4n) is 2.75. The Morgan fingerprint density at radius 3 is 2.46 bits per heavy atom. The minimum Gasteiger partial charge on any atom is -0.312 e. The summed E-state index contributed by atoms with van der Waals surface area (Å²) in [7, 11) is 0. The number of aromatic nitrogens is 2. The number of hydrogen-bond donors (Lipinski definition) is 1. The fraction of sp³-hybridized carbons (Fsp3) is 0.294. The topological polar surface area (TPSA) is 75.2 Å². The zero-order valence-electron chi connectivity index (χ0n) is 13.4. The lowest BCUT2D eigenvalue weighted by atomic mass is 10.1. The molecule has 0 bridgehead atoms. The number of carbonyl (C=O) groups is 2. The van der Waals surface area contributed by atoms with E-state index in [1.54, 1.807) is 0 Å². The molecule has 124 valence electrons. The van der Waals surface area contributed by atoms with Crippen LogP contribution >= 0.6 is 0 Å². The van der Waals surface area contributed by atoms with Gasteiger partial charge in [0.1, 0.15) is 5.82 Å². The molecule has 0 spiro atoms. The van der Waals surface area contributed by atoms with Gasteiger partial charge in [0, 0.05) is 30.0 Å². The van der Waals surface area contributed by atoms with Gasteiger partial charge in [0.05, 0.1) is 5.92 Å². The quantitative estimate of drug-likeness (QED) is 0.937. The Hall–Kier alpha value is -2.83. The zero-order valence-corrected chi connectivity index (χ0v) is 13.4. The van der Waals surface area contributed by atoms with E-state index in [0.29, 0.717) is 5.69 Å². The van der Waals surface area contributed by atoms with Gasteiger partial charge in [0.15, 0.2) is 0 Å². The Bertz CT molecular complexity index is 771. The molecule has 6 nitrogen and oxygen atoms in total. The standard InChI is InChI=1S/C17H17FN4O2/c1-10-7-11(2)20-17(19-10)21-16(24)12-8-15(23)22(9-12)14-5-3-13(18)4-6-14/h3-7,12H,8-9H2,1-2H3,(H,19,20,21,24)/t12-/m0/s1. The van der Waals surface area contributed by atoms with Gasteiger partial charge in [0.25, 0.3) is 0 Å². The number of nitrogens with zero attached hydrogens (tertiary/aromatic N) is 3. The summed E-state index contributed by atoms with van der Waals surface area (Å²) in [6.45, 7) is 3.89. The first kappa shape index (κ1) is 16.0. The van der Waals surface area contributed by atoms with Gasteiger partial charge in [-0.2, -0.15) is 0 Å². The maximum Gasteiger partial charge on any atom is 0.232 e. The summed E-state index contributed by atoms with van der Waals surface area (Å²) >= 11 is 0. The number of rotatable bonds is 3. The Kier molecular flexibility index (Phi) is 4.24. The van der Waals surface area contributed by atoms with E-state index in [1.165, 1.54) is 29.2 Å². The van der Waals surface area contributed by atoms with Crippen molar-refractivity contribution in [3.05, 3.63) is 47.5 Å². The smallest absolute Gasteiger partial charge is 0.232 e. The summed E-state index contributed by atoms with van der Waals surface area (Å²) in [6.07, 6.45) is 0.105. The second-order valence-electron chi connectivity index (χ2n) is 5.85. The maximum absolute atomic E-state index is 13.0. The molecule has 1 atom stereocenters. The third-order valence-electron chi connectivity index (χ3n) is 3.85. The molecule has 0 aliphatic carbocycles. The third-order valence-corrected chi connectivity index (χ3v) is 3.85. The number of anilines is 2. The summed E-state index contributed by atoms with van der Waals surface area (Å²) in [4.78, 5) is 34.4. The second kappa shape index (κ2) is 6.35. The Labute approximate surface area is 138 Å². The van der Waals surface area contributed by atoms with Crippen molar-refractivity contribution in [2.45, 2.75) is 20.3 Å². The van der Waals surface area contributed by atoms with Crippen LogP contribution in [-0.4, -0.2) is 28.3 Å². The van der Waals surface area contributed by atoms with Gasteiger partial charge in [-0.3, -0.25) is 14.9 Å². The highest BCUT2D eigenvalue weighted by molar-refractivity contribution is 6.03. The normalized spacial score (nSPS) is 17.2. The van der Waals surface area contributed by atoms with Gasteiger partial charge in [-0.25, -0.2) is 14.4 Å². The summed E-state index contributed by atoms with van der Waals surface area (Å²) < 4.78 is 13.0. The van der Waals surface area contributed by atoms with E-state index in [0.717, 1.165) is 11.4 Å². The van der Waals surface area contributed by atoms with Crippen molar-refractivity contribution in [2.24, 2.45) is 5.92 Å².